The molecule has 0 radical (unpaired) electrons. The highest BCUT2D eigenvalue weighted by atomic mass is 19.1. The SMILES string of the molecule is Fc1ccc2c(c1)c1cc(F)ccc1n2-c1ccccc1C1C=CC=NC1n1c2ccc(F)cc2c2cc(F)ccc21. The quantitative estimate of drug-likeness (QED) is 0.193. The number of nitrogens with zero attached hydrogens (tertiary/aromatic N) is 3. The molecule has 5 aromatic carbocycles. The van der Waals surface area contributed by atoms with E-state index in [1.54, 1.807) is 30.5 Å². The molecule has 0 fully saturated rings. The maximum Gasteiger partial charge on any atom is 0.135 e. The van der Waals surface area contributed by atoms with Crippen LogP contribution in [-0.4, -0.2) is 15.3 Å². The van der Waals surface area contributed by atoms with Crippen molar-refractivity contribution in [2.24, 2.45) is 4.99 Å². The number of allylic oxidation sites excluding steroid dienone is 1. The third-order valence-corrected chi connectivity index (χ3v) is 8.18. The van der Waals surface area contributed by atoms with E-state index in [-0.39, 0.29) is 5.92 Å². The molecule has 2 atom stereocenters. The largest absolute Gasteiger partial charge is 0.317 e. The normalized spacial score (nSPS) is 16.9. The number of benzene rings is 5. The average molecular weight is 560 g/mol. The van der Waals surface area contributed by atoms with Gasteiger partial charge in [0.1, 0.15) is 29.4 Å². The van der Waals surface area contributed by atoms with Crippen LogP contribution in [0.15, 0.2) is 114 Å². The first kappa shape index (κ1) is 24.6. The Kier molecular flexibility index (Phi) is 5.38. The van der Waals surface area contributed by atoms with Crippen molar-refractivity contribution >= 4 is 49.8 Å². The summed E-state index contributed by atoms with van der Waals surface area (Å²) >= 11 is 0. The van der Waals surface area contributed by atoms with E-state index in [1.165, 1.54) is 48.5 Å². The van der Waals surface area contributed by atoms with Gasteiger partial charge in [-0.05, 0) is 90.5 Å². The molecule has 1 aliphatic rings. The van der Waals surface area contributed by atoms with Gasteiger partial charge < -0.3 is 9.13 Å². The number of hydrogen-bond acceptors (Lipinski definition) is 1. The van der Waals surface area contributed by atoms with E-state index in [1.807, 2.05) is 39.5 Å². The minimum atomic E-state index is -0.477. The molecule has 7 heteroatoms. The van der Waals surface area contributed by atoms with Gasteiger partial charge in [-0.1, -0.05) is 24.3 Å². The smallest absolute Gasteiger partial charge is 0.135 e. The number of rotatable bonds is 3. The lowest BCUT2D eigenvalue weighted by molar-refractivity contribution is 0.501. The standard InChI is InChI=1S/C35H21F4N3/c36-20-7-11-31-26(16-20)27-17-21(37)8-12-32(27)41(31)30-6-2-1-4-24(30)25-5-3-15-40-35(25)42-33-13-9-22(38)18-28(33)29-19-23(39)10-14-34(29)42/h1-19,25,35H. The van der Waals surface area contributed by atoms with E-state index in [0.29, 0.717) is 21.5 Å². The van der Waals surface area contributed by atoms with Crippen molar-refractivity contribution in [3.8, 4) is 5.69 Å². The molecule has 0 bridgehead atoms. The number of halogens is 4. The Balaban J connectivity index is 1.39. The zero-order valence-corrected chi connectivity index (χ0v) is 22.0. The number of fused-ring (bicyclic) bond motifs is 6. The topological polar surface area (TPSA) is 22.2 Å². The average Bonchev–Trinajstić information content (AvgIpc) is 3.48. The molecule has 7 aromatic rings. The van der Waals surface area contributed by atoms with Crippen LogP contribution in [0.5, 0.6) is 0 Å². The second-order valence-corrected chi connectivity index (χ2v) is 10.5. The van der Waals surface area contributed by atoms with Gasteiger partial charge in [-0.15, -0.1) is 0 Å². The zero-order chi connectivity index (χ0) is 28.5. The van der Waals surface area contributed by atoms with Gasteiger partial charge in [0.15, 0.2) is 0 Å². The number of aliphatic imine (C=N–C) groups is 1. The molecule has 0 aliphatic carbocycles. The lowest BCUT2D eigenvalue weighted by Gasteiger charge is -2.29. The molecule has 2 unspecified atom stereocenters. The molecule has 0 N–H and O–H groups in total. The van der Waals surface area contributed by atoms with Crippen molar-refractivity contribution in [3.05, 3.63) is 138 Å². The molecular formula is C35H21F4N3. The summed E-state index contributed by atoms with van der Waals surface area (Å²) < 4.78 is 61.6. The van der Waals surface area contributed by atoms with Crippen LogP contribution in [0, 0.1) is 23.3 Å². The van der Waals surface area contributed by atoms with Crippen LogP contribution in [0.2, 0.25) is 0 Å². The fraction of sp³-hybridized carbons (Fsp3) is 0.0571. The summed E-state index contributed by atoms with van der Waals surface area (Å²) in [6, 6.07) is 26.0. The zero-order valence-electron chi connectivity index (χ0n) is 22.0. The number of aromatic nitrogens is 2. The van der Waals surface area contributed by atoms with Crippen molar-refractivity contribution < 1.29 is 17.6 Å². The Morgan fingerprint density at radius 1 is 0.548 bits per heavy atom. The summed E-state index contributed by atoms with van der Waals surface area (Å²) in [5.74, 6) is -1.89. The van der Waals surface area contributed by atoms with E-state index >= 15 is 0 Å². The fourth-order valence-corrected chi connectivity index (χ4v) is 6.47. The Morgan fingerprint density at radius 2 is 1.02 bits per heavy atom. The fourth-order valence-electron chi connectivity index (χ4n) is 6.47. The molecular weight excluding hydrogens is 538 g/mol. The molecule has 42 heavy (non-hydrogen) atoms. The Bertz CT molecular complexity index is 2160. The molecule has 1 aliphatic heterocycles. The molecule has 2 aromatic heterocycles. The van der Waals surface area contributed by atoms with Crippen LogP contribution in [0.25, 0.3) is 49.3 Å². The summed E-state index contributed by atoms with van der Waals surface area (Å²) in [6.07, 6.45) is 5.21. The van der Waals surface area contributed by atoms with Gasteiger partial charge in [-0.2, -0.15) is 0 Å². The monoisotopic (exact) mass is 559 g/mol. The number of hydrogen-bond donors (Lipinski definition) is 0. The first-order valence-corrected chi connectivity index (χ1v) is 13.6. The van der Waals surface area contributed by atoms with Crippen molar-refractivity contribution in [3.63, 3.8) is 0 Å². The minimum absolute atomic E-state index is 0.284. The van der Waals surface area contributed by atoms with Crippen molar-refractivity contribution in [2.45, 2.75) is 12.1 Å². The molecule has 0 saturated heterocycles. The molecule has 3 heterocycles. The summed E-state index contributed by atoms with van der Waals surface area (Å²) in [7, 11) is 0. The highest BCUT2D eigenvalue weighted by Gasteiger charge is 2.30. The second-order valence-electron chi connectivity index (χ2n) is 10.5. The predicted octanol–water partition coefficient (Wildman–Crippen LogP) is 9.37. The van der Waals surface area contributed by atoms with Crippen LogP contribution in [0.4, 0.5) is 17.6 Å². The van der Waals surface area contributed by atoms with Gasteiger partial charge in [0.25, 0.3) is 0 Å². The van der Waals surface area contributed by atoms with Crippen LogP contribution in [-0.2, 0) is 0 Å². The predicted molar refractivity (Wildman–Crippen MR) is 159 cm³/mol. The Hall–Kier alpha value is -5.17. The molecule has 3 nitrogen and oxygen atoms in total. The third kappa shape index (κ3) is 3.63. The van der Waals surface area contributed by atoms with Crippen LogP contribution < -0.4 is 0 Å². The van der Waals surface area contributed by atoms with Gasteiger partial charge in [0, 0.05) is 33.7 Å². The Morgan fingerprint density at radius 3 is 1.57 bits per heavy atom. The lowest BCUT2D eigenvalue weighted by atomic mass is 9.92. The molecule has 0 spiro atoms. The van der Waals surface area contributed by atoms with Crippen LogP contribution >= 0.6 is 0 Å². The van der Waals surface area contributed by atoms with Gasteiger partial charge >= 0.3 is 0 Å². The van der Waals surface area contributed by atoms with E-state index in [4.69, 9.17) is 4.99 Å². The summed E-state index contributed by atoms with van der Waals surface area (Å²) in [5, 5.41) is 2.43. The molecule has 0 saturated carbocycles. The van der Waals surface area contributed by atoms with Gasteiger partial charge in [-0.3, -0.25) is 4.99 Å². The van der Waals surface area contributed by atoms with Gasteiger partial charge in [-0.25, -0.2) is 17.6 Å². The summed E-state index contributed by atoms with van der Waals surface area (Å²) in [6.45, 7) is 0. The highest BCUT2D eigenvalue weighted by Crippen LogP contribution is 2.43. The van der Waals surface area contributed by atoms with Crippen molar-refractivity contribution in [1.29, 1.82) is 0 Å². The van der Waals surface area contributed by atoms with Gasteiger partial charge in [0.05, 0.1) is 27.8 Å². The molecule has 0 amide bonds. The maximum absolute atomic E-state index is 14.4. The summed E-state index contributed by atoms with van der Waals surface area (Å²) in [5.41, 5.74) is 4.73. The maximum atomic E-state index is 14.4. The highest BCUT2D eigenvalue weighted by molar-refractivity contribution is 6.10. The van der Waals surface area contributed by atoms with Crippen molar-refractivity contribution in [1.82, 2.24) is 9.13 Å². The first-order valence-electron chi connectivity index (χ1n) is 13.6. The number of para-hydroxylation sites is 1. The Labute approximate surface area is 237 Å². The first-order chi connectivity index (χ1) is 20.5. The van der Waals surface area contributed by atoms with Crippen molar-refractivity contribution in [2.75, 3.05) is 0 Å². The van der Waals surface area contributed by atoms with E-state index in [0.717, 1.165) is 33.3 Å². The number of dihydropyridines is 1. The molecule has 204 valence electrons. The van der Waals surface area contributed by atoms with Crippen LogP contribution in [0.1, 0.15) is 17.6 Å². The van der Waals surface area contributed by atoms with Gasteiger partial charge in [0.2, 0.25) is 0 Å². The minimum Gasteiger partial charge on any atom is -0.317 e. The lowest BCUT2D eigenvalue weighted by Crippen LogP contribution is -2.18. The molecule has 8 rings (SSSR count). The second kappa shape index (κ2) is 9.17. The third-order valence-electron chi connectivity index (χ3n) is 8.18. The van der Waals surface area contributed by atoms with E-state index in [9.17, 15) is 17.6 Å². The van der Waals surface area contributed by atoms with Crippen LogP contribution in [0.3, 0.4) is 0 Å². The van der Waals surface area contributed by atoms with E-state index in [2.05, 4.69) is 6.08 Å². The van der Waals surface area contributed by atoms with E-state index < -0.39 is 29.4 Å². The summed E-state index contributed by atoms with van der Waals surface area (Å²) in [4.78, 5) is 4.90.